The highest BCUT2D eigenvalue weighted by Crippen LogP contribution is 2.26. The Labute approximate surface area is 145 Å². The van der Waals surface area contributed by atoms with Crippen molar-refractivity contribution >= 4 is 29.1 Å². The number of hydrogen-bond acceptors (Lipinski definition) is 2. The van der Waals surface area contributed by atoms with E-state index in [1.54, 1.807) is 31.2 Å². The molecule has 2 N–H and O–H groups in total. The fourth-order valence-electron chi connectivity index (χ4n) is 2.40. The molecule has 0 heterocycles. The summed E-state index contributed by atoms with van der Waals surface area (Å²) in [6, 6.07) is 10.6. The summed E-state index contributed by atoms with van der Waals surface area (Å²) in [6.45, 7) is 3.09. The number of amides is 2. The number of rotatable bonds is 5. The summed E-state index contributed by atoms with van der Waals surface area (Å²) in [5.41, 5.74) is 1.82. The van der Waals surface area contributed by atoms with E-state index in [0.717, 1.165) is 0 Å². The highest BCUT2D eigenvalue weighted by Gasteiger charge is 2.19. The predicted molar refractivity (Wildman–Crippen MR) is 92.4 cm³/mol. The van der Waals surface area contributed by atoms with Gasteiger partial charge in [0.25, 0.3) is 0 Å². The average molecular weight is 349 g/mol. The normalized spacial score (nSPS) is 11.7. The van der Waals surface area contributed by atoms with Gasteiger partial charge in [-0.1, -0.05) is 29.8 Å². The van der Waals surface area contributed by atoms with Crippen LogP contribution in [0.15, 0.2) is 42.5 Å². The maximum absolute atomic E-state index is 13.1. The molecule has 0 aliphatic rings. The van der Waals surface area contributed by atoms with Crippen molar-refractivity contribution in [3.8, 4) is 0 Å². The molecule has 24 heavy (non-hydrogen) atoms. The summed E-state index contributed by atoms with van der Waals surface area (Å²) < 4.78 is 13.1. The van der Waals surface area contributed by atoms with Crippen molar-refractivity contribution in [3.63, 3.8) is 0 Å². The molecule has 0 aliphatic heterocycles. The summed E-state index contributed by atoms with van der Waals surface area (Å²) in [7, 11) is 0. The van der Waals surface area contributed by atoms with Crippen LogP contribution in [0.3, 0.4) is 0 Å². The van der Waals surface area contributed by atoms with Crippen LogP contribution in [0.25, 0.3) is 0 Å². The Bertz CT molecular complexity index is 764. The number of carbonyl (C=O) groups is 2. The lowest BCUT2D eigenvalue weighted by Gasteiger charge is -2.19. The SMILES string of the molecule is CC(=O)N[C@@H](CC(=O)Nc1ccc(F)cc1C)c1ccccc1Cl. The lowest BCUT2D eigenvalue weighted by molar-refractivity contribution is -0.120. The van der Waals surface area contributed by atoms with Crippen LogP contribution >= 0.6 is 11.6 Å². The van der Waals surface area contributed by atoms with Crippen LogP contribution in [0, 0.1) is 12.7 Å². The molecule has 0 fully saturated rings. The second kappa shape index (κ2) is 7.93. The first-order valence-corrected chi connectivity index (χ1v) is 7.82. The Morgan fingerprint density at radius 3 is 2.54 bits per heavy atom. The molecule has 0 radical (unpaired) electrons. The third kappa shape index (κ3) is 4.80. The lowest BCUT2D eigenvalue weighted by Crippen LogP contribution is -2.30. The van der Waals surface area contributed by atoms with Crippen molar-refractivity contribution < 1.29 is 14.0 Å². The Balaban J connectivity index is 2.15. The molecule has 2 aromatic carbocycles. The van der Waals surface area contributed by atoms with Crippen molar-refractivity contribution in [2.75, 3.05) is 5.32 Å². The van der Waals surface area contributed by atoms with E-state index in [9.17, 15) is 14.0 Å². The van der Waals surface area contributed by atoms with Gasteiger partial charge in [-0.05, 0) is 42.3 Å². The van der Waals surface area contributed by atoms with E-state index in [2.05, 4.69) is 10.6 Å². The summed E-state index contributed by atoms with van der Waals surface area (Å²) in [6.07, 6.45) is 0.0140. The molecule has 0 unspecified atom stereocenters. The van der Waals surface area contributed by atoms with Crippen LogP contribution in [-0.2, 0) is 9.59 Å². The van der Waals surface area contributed by atoms with Crippen molar-refractivity contribution in [1.82, 2.24) is 5.32 Å². The molecular weight excluding hydrogens is 331 g/mol. The molecule has 0 aromatic heterocycles. The topological polar surface area (TPSA) is 58.2 Å². The fourth-order valence-corrected chi connectivity index (χ4v) is 2.66. The number of nitrogens with one attached hydrogen (secondary N) is 2. The molecule has 2 aromatic rings. The van der Waals surface area contributed by atoms with Gasteiger partial charge in [0, 0.05) is 17.6 Å². The number of hydrogen-bond donors (Lipinski definition) is 2. The van der Waals surface area contributed by atoms with Crippen LogP contribution in [0.2, 0.25) is 5.02 Å². The zero-order chi connectivity index (χ0) is 17.7. The Kier molecular flexibility index (Phi) is 5.93. The minimum Gasteiger partial charge on any atom is -0.349 e. The Hall–Kier alpha value is -2.40. The molecule has 0 bridgehead atoms. The van der Waals surface area contributed by atoms with Gasteiger partial charge in [0.05, 0.1) is 12.5 Å². The zero-order valence-corrected chi connectivity index (χ0v) is 14.2. The number of carbonyl (C=O) groups excluding carboxylic acids is 2. The van der Waals surface area contributed by atoms with Crippen molar-refractivity contribution in [3.05, 3.63) is 64.4 Å². The van der Waals surface area contributed by atoms with E-state index in [0.29, 0.717) is 21.8 Å². The minimum absolute atomic E-state index is 0.0140. The monoisotopic (exact) mass is 348 g/mol. The van der Waals surface area contributed by atoms with Gasteiger partial charge in [-0.3, -0.25) is 9.59 Å². The fraction of sp³-hybridized carbons (Fsp3) is 0.222. The molecule has 2 rings (SSSR count). The summed E-state index contributed by atoms with van der Waals surface area (Å²) in [4.78, 5) is 23.8. The second-order valence-electron chi connectivity index (χ2n) is 5.49. The van der Waals surface area contributed by atoms with E-state index >= 15 is 0 Å². The van der Waals surface area contributed by atoms with Crippen LogP contribution in [0.5, 0.6) is 0 Å². The van der Waals surface area contributed by atoms with Gasteiger partial charge in [-0.15, -0.1) is 0 Å². The summed E-state index contributed by atoms with van der Waals surface area (Å²) >= 11 is 6.16. The molecule has 4 nitrogen and oxygen atoms in total. The number of benzene rings is 2. The first-order chi connectivity index (χ1) is 11.4. The van der Waals surface area contributed by atoms with E-state index in [1.807, 2.05) is 0 Å². The van der Waals surface area contributed by atoms with Gasteiger partial charge >= 0.3 is 0 Å². The third-order valence-corrected chi connectivity index (χ3v) is 3.85. The number of aryl methyl sites for hydroxylation is 1. The average Bonchev–Trinajstić information content (AvgIpc) is 2.49. The summed E-state index contributed by atoms with van der Waals surface area (Å²) in [5.74, 6) is -0.924. The second-order valence-corrected chi connectivity index (χ2v) is 5.89. The van der Waals surface area contributed by atoms with Gasteiger partial charge in [-0.2, -0.15) is 0 Å². The van der Waals surface area contributed by atoms with Gasteiger partial charge in [0.15, 0.2) is 0 Å². The van der Waals surface area contributed by atoms with Crippen LogP contribution in [0.1, 0.15) is 30.5 Å². The largest absolute Gasteiger partial charge is 0.349 e. The molecule has 2 amide bonds. The highest BCUT2D eigenvalue weighted by molar-refractivity contribution is 6.31. The molecule has 6 heteroatoms. The zero-order valence-electron chi connectivity index (χ0n) is 13.4. The summed E-state index contributed by atoms with van der Waals surface area (Å²) in [5, 5.41) is 5.94. The lowest BCUT2D eigenvalue weighted by atomic mass is 10.0. The predicted octanol–water partition coefficient (Wildman–Crippen LogP) is 3.99. The first-order valence-electron chi connectivity index (χ1n) is 7.44. The molecule has 1 atom stereocenters. The van der Waals surface area contributed by atoms with Gasteiger partial charge in [-0.25, -0.2) is 4.39 Å². The maximum atomic E-state index is 13.1. The smallest absolute Gasteiger partial charge is 0.226 e. The quantitative estimate of drug-likeness (QED) is 0.858. The highest BCUT2D eigenvalue weighted by atomic mass is 35.5. The van der Waals surface area contributed by atoms with Gasteiger partial charge in [0.2, 0.25) is 11.8 Å². The van der Waals surface area contributed by atoms with Crippen molar-refractivity contribution in [2.24, 2.45) is 0 Å². The Morgan fingerprint density at radius 1 is 1.21 bits per heavy atom. The third-order valence-electron chi connectivity index (χ3n) is 3.51. The van der Waals surface area contributed by atoms with Crippen LogP contribution in [0.4, 0.5) is 10.1 Å². The van der Waals surface area contributed by atoms with Crippen LogP contribution in [-0.4, -0.2) is 11.8 Å². The van der Waals surface area contributed by atoms with E-state index in [-0.39, 0.29) is 24.1 Å². The molecule has 0 spiro atoms. The van der Waals surface area contributed by atoms with E-state index in [4.69, 9.17) is 11.6 Å². The number of halogens is 2. The van der Waals surface area contributed by atoms with Crippen molar-refractivity contribution in [2.45, 2.75) is 26.3 Å². The molecule has 0 saturated carbocycles. The minimum atomic E-state index is -0.544. The number of anilines is 1. The Morgan fingerprint density at radius 2 is 1.92 bits per heavy atom. The molecule has 126 valence electrons. The standard InChI is InChI=1S/C18H18ClFN2O2/c1-11-9-13(20)7-8-16(11)22-18(24)10-17(21-12(2)23)14-5-3-4-6-15(14)19/h3-9,17H,10H2,1-2H3,(H,21,23)(H,22,24)/t17-/m0/s1. The van der Waals surface area contributed by atoms with Crippen LogP contribution < -0.4 is 10.6 Å². The van der Waals surface area contributed by atoms with Gasteiger partial charge < -0.3 is 10.6 Å². The first kappa shape index (κ1) is 17.9. The van der Waals surface area contributed by atoms with Gasteiger partial charge in [0.1, 0.15) is 5.82 Å². The molecule has 0 aliphatic carbocycles. The maximum Gasteiger partial charge on any atom is 0.226 e. The van der Waals surface area contributed by atoms with E-state index < -0.39 is 6.04 Å². The van der Waals surface area contributed by atoms with Crippen molar-refractivity contribution in [1.29, 1.82) is 0 Å². The molecule has 0 saturated heterocycles. The molecular formula is C18H18ClFN2O2. The van der Waals surface area contributed by atoms with E-state index in [1.165, 1.54) is 25.1 Å².